The molecule has 78 valence electrons. The molecule has 3 N–H and O–H groups in total. The second-order valence-corrected chi connectivity index (χ2v) is 3.62. The number of rotatable bonds is 3. The molecule has 0 unspecified atom stereocenters. The average Bonchev–Trinajstić information content (AvgIpc) is 2.84. The molecule has 1 amide bonds. The standard InChI is InChI=1S/C7H7N5O2S/c8-6-5(11-14-12-6)7(13)10-2-4-1-9-3-15-4/h1,3H,2H2,(H2,8,12)(H,10,13). The van der Waals surface area contributed by atoms with Gasteiger partial charge in [-0.15, -0.1) is 11.3 Å². The van der Waals surface area contributed by atoms with Gasteiger partial charge in [0.1, 0.15) is 0 Å². The van der Waals surface area contributed by atoms with E-state index in [1.54, 1.807) is 11.7 Å². The first-order chi connectivity index (χ1) is 7.27. The SMILES string of the molecule is Nc1nonc1C(=O)NCc1cncs1. The number of carbonyl (C=O) groups excluding carboxylic acids is 1. The molecule has 0 radical (unpaired) electrons. The number of nitrogens with one attached hydrogen (secondary N) is 1. The summed E-state index contributed by atoms with van der Waals surface area (Å²) in [7, 11) is 0. The van der Waals surface area contributed by atoms with Gasteiger partial charge in [-0.3, -0.25) is 9.78 Å². The molecular formula is C7H7N5O2S. The third-order valence-corrected chi connectivity index (χ3v) is 2.42. The van der Waals surface area contributed by atoms with Gasteiger partial charge in [-0.2, -0.15) is 0 Å². The van der Waals surface area contributed by atoms with Crippen LogP contribution in [0.15, 0.2) is 16.3 Å². The molecular weight excluding hydrogens is 218 g/mol. The van der Waals surface area contributed by atoms with Gasteiger partial charge in [0, 0.05) is 11.1 Å². The van der Waals surface area contributed by atoms with E-state index in [1.807, 2.05) is 0 Å². The van der Waals surface area contributed by atoms with E-state index in [1.165, 1.54) is 11.3 Å². The molecule has 0 aliphatic carbocycles. The molecule has 0 spiro atoms. The van der Waals surface area contributed by atoms with Crippen molar-refractivity contribution < 1.29 is 9.42 Å². The van der Waals surface area contributed by atoms with Crippen molar-refractivity contribution in [3.8, 4) is 0 Å². The van der Waals surface area contributed by atoms with E-state index >= 15 is 0 Å². The topological polar surface area (TPSA) is 107 Å². The molecule has 0 atom stereocenters. The number of thiazole rings is 1. The maximum atomic E-state index is 11.5. The monoisotopic (exact) mass is 225 g/mol. The van der Waals surface area contributed by atoms with Gasteiger partial charge in [0.2, 0.25) is 11.5 Å². The Morgan fingerprint density at radius 2 is 2.47 bits per heavy atom. The Morgan fingerprint density at radius 3 is 3.07 bits per heavy atom. The molecule has 2 heterocycles. The molecule has 0 fully saturated rings. The molecule has 8 heteroatoms. The predicted molar refractivity (Wildman–Crippen MR) is 52.0 cm³/mol. The van der Waals surface area contributed by atoms with Crippen molar-refractivity contribution in [2.45, 2.75) is 6.54 Å². The largest absolute Gasteiger partial charge is 0.379 e. The Hall–Kier alpha value is -1.96. The Labute approximate surface area is 88.3 Å². The first kappa shape index (κ1) is 9.59. The highest BCUT2D eigenvalue weighted by molar-refractivity contribution is 7.09. The predicted octanol–water partition coefficient (Wildman–Crippen LogP) is 0.0383. The lowest BCUT2D eigenvalue weighted by Crippen LogP contribution is -2.23. The van der Waals surface area contributed by atoms with Gasteiger partial charge in [0.25, 0.3) is 5.91 Å². The van der Waals surface area contributed by atoms with Crippen molar-refractivity contribution in [1.82, 2.24) is 20.6 Å². The van der Waals surface area contributed by atoms with E-state index in [-0.39, 0.29) is 11.5 Å². The summed E-state index contributed by atoms with van der Waals surface area (Å²) in [4.78, 5) is 16.3. The van der Waals surface area contributed by atoms with Gasteiger partial charge >= 0.3 is 0 Å². The highest BCUT2D eigenvalue weighted by Crippen LogP contribution is 2.07. The Kier molecular flexibility index (Phi) is 2.59. The second-order valence-electron chi connectivity index (χ2n) is 2.65. The van der Waals surface area contributed by atoms with Crippen molar-refractivity contribution in [1.29, 1.82) is 0 Å². The number of nitrogens with two attached hydrogens (primary N) is 1. The summed E-state index contributed by atoms with van der Waals surface area (Å²) in [5.74, 6) is -0.432. The summed E-state index contributed by atoms with van der Waals surface area (Å²) in [6.45, 7) is 0.385. The maximum absolute atomic E-state index is 11.5. The molecule has 15 heavy (non-hydrogen) atoms. The van der Waals surface area contributed by atoms with E-state index in [9.17, 15) is 4.79 Å². The quantitative estimate of drug-likeness (QED) is 0.763. The maximum Gasteiger partial charge on any atom is 0.277 e. The van der Waals surface area contributed by atoms with Crippen molar-refractivity contribution >= 4 is 23.1 Å². The Morgan fingerprint density at radius 1 is 1.60 bits per heavy atom. The van der Waals surface area contributed by atoms with Crippen LogP contribution in [0.4, 0.5) is 5.82 Å². The normalized spacial score (nSPS) is 10.1. The first-order valence-electron chi connectivity index (χ1n) is 4.01. The van der Waals surface area contributed by atoms with Crippen molar-refractivity contribution in [2.75, 3.05) is 5.73 Å². The van der Waals surface area contributed by atoms with E-state index in [0.717, 1.165) is 4.88 Å². The number of carbonyl (C=O) groups is 1. The summed E-state index contributed by atoms with van der Waals surface area (Å²) in [5.41, 5.74) is 7.04. The zero-order chi connectivity index (χ0) is 10.7. The van der Waals surface area contributed by atoms with Crippen LogP contribution in [0.1, 0.15) is 15.4 Å². The van der Waals surface area contributed by atoms with Gasteiger partial charge < -0.3 is 11.1 Å². The van der Waals surface area contributed by atoms with Crippen LogP contribution < -0.4 is 11.1 Å². The third kappa shape index (κ3) is 2.10. The number of anilines is 1. The number of aromatic nitrogens is 3. The Balaban J connectivity index is 1.96. The van der Waals surface area contributed by atoms with E-state index in [0.29, 0.717) is 6.54 Å². The number of nitrogens with zero attached hydrogens (tertiary/aromatic N) is 3. The molecule has 0 saturated carbocycles. The minimum Gasteiger partial charge on any atom is -0.379 e. The van der Waals surface area contributed by atoms with Gasteiger partial charge in [0.05, 0.1) is 12.1 Å². The lowest BCUT2D eigenvalue weighted by atomic mass is 10.4. The van der Waals surface area contributed by atoms with Crippen molar-refractivity contribution in [3.63, 3.8) is 0 Å². The lowest BCUT2D eigenvalue weighted by Gasteiger charge is -1.98. The van der Waals surface area contributed by atoms with Crippen LogP contribution in [-0.2, 0) is 6.54 Å². The van der Waals surface area contributed by atoms with Crippen LogP contribution in [0.3, 0.4) is 0 Å². The smallest absolute Gasteiger partial charge is 0.277 e. The van der Waals surface area contributed by atoms with Crippen LogP contribution >= 0.6 is 11.3 Å². The fourth-order valence-electron chi connectivity index (χ4n) is 0.934. The minimum atomic E-state index is -0.415. The van der Waals surface area contributed by atoms with Crippen LogP contribution in [0.5, 0.6) is 0 Å². The average molecular weight is 225 g/mol. The van der Waals surface area contributed by atoms with E-state index in [4.69, 9.17) is 5.73 Å². The molecule has 0 bridgehead atoms. The molecule has 2 aromatic rings. The van der Waals surface area contributed by atoms with Crippen LogP contribution in [0.2, 0.25) is 0 Å². The highest BCUT2D eigenvalue weighted by Gasteiger charge is 2.15. The number of hydrogen-bond acceptors (Lipinski definition) is 7. The summed E-state index contributed by atoms with van der Waals surface area (Å²) in [6, 6.07) is 0. The zero-order valence-corrected chi connectivity index (χ0v) is 8.32. The van der Waals surface area contributed by atoms with E-state index in [2.05, 4.69) is 25.2 Å². The minimum absolute atomic E-state index is 0.000449. The van der Waals surface area contributed by atoms with Gasteiger partial charge in [-0.1, -0.05) is 0 Å². The van der Waals surface area contributed by atoms with Crippen molar-refractivity contribution in [3.05, 3.63) is 22.3 Å². The second kappa shape index (κ2) is 4.05. The van der Waals surface area contributed by atoms with Gasteiger partial charge in [-0.25, -0.2) is 4.63 Å². The summed E-state index contributed by atoms with van der Waals surface area (Å²) in [6.07, 6.45) is 1.68. The van der Waals surface area contributed by atoms with Crippen molar-refractivity contribution in [2.24, 2.45) is 0 Å². The summed E-state index contributed by atoms with van der Waals surface area (Å²) < 4.78 is 4.31. The molecule has 2 rings (SSSR count). The van der Waals surface area contributed by atoms with Gasteiger partial charge in [0.15, 0.2) is 0 Å². The Bertz CT molecular complexity index is 452. The molecule has 2 aromatic heterocycles. The zero-order valence-electron chi connectivity index (χ0n) is 7.51. The third-order valence-electron chi connectivity index (χ3n) is 1.64. The lowest BCUT2D eigenvalue weighted by molar-refractivity contribution is 0.0942. The molecule has 0 aromatic carbocycles. The van der Waals surface area contributed by atoms with Crippen LogP contribution in [-0.4, -0.2) is 21.2 Å². The highest BCUT2D eigenvalue weighted by atomic mass is 32.1. The fourth-order valence-corrected chi connectivity index (χ4v) is 1.47. The number of nitrogen functional groups attached to an aromatic ring is 1. The molecule has 0 aliphatic rings. The van der Waals surface area contributed by atoms with Gasteiger partial charge in [-0.05, 0) is 10.3 Å². The molecule has 7 nitrogen and oxygen atoms in total. The number of hydrogen-bond donors (Lipinski definition) is 2. The fraction of sp³-hybridized carbons (Fsp3) is 0.143. The number of amides is 1. The summed E-state index contributed by atoms with van der Waals surface area (Å²) >= 11 is 1.45. The molecule has 0 saturated heterocycles. The molecule has 0 aliphatic heterocycles. The first-order valence-corrected chi connectivity index (χ1v) is 4.89. The van der Waals surface area contributed by atoms with Crippen LogP contribution in [0.25, 0.3) is 0 Å². The van der Waals surface area contributed by atoms with Crippen LogP contribution in [0, 0.1) is 0 Å². The summed E-state index contributed by atoms with van der Waals surface area (Å²) in [5, 5.41) is 9.30. The van der Waals surface area contributed by atoms with E-state index < -0.39 is 5.91 Å².